The first kappa shape index (κ1) is 27.7. The highest BCUT2D eigenvalue weighted by Crippen LogP contribution is 2.32. The Morgan fingerprint density at radius 3 is 2.31 bits per heavy atom. The summed E-state index contributed by atoms with van der Waals surface area (Å²) in [5, 5.41) is 16.5. The van der Waals surface area contributed by atoms with Gasteiger partial charge in [-0.2, -0.15) is 28.5 Å². The standard InChI is InChI=1S/C25H24F3N7O3S/c1-13-11-17(32-34(13)3)12-29-23(37)18-9-10-19(39-18)24(38)31-30-14(2)20-22(36)21(35(4)33-20)15-5-7-16(8-6-15)25(26,27)28/h5-11,21H,12H2,1-4H3,(H,29,37)(H,31,38)/b30-14+. The fraction of sp³-hybridized carbons (Fsp3) is 0.280. The number of nitrogens with zero attached hydrogens (tertiary/aromatic N) is 5. The Hall–Kier alpha value is -4.33. The summed E-state index contributed by atoms with van der Waals surface area (Å²) in [5.74, 6) is -1.41. The number of likely N-dealkylation sites (N-methyl/N-ethyl adjacent to an activating group) is 1. The molecule has 0 saturated carbocycles. The van der Waals surface area contributed by atoms with Crippen LogP contribution in [0.1, 0.15) is 54.8 Å². The fourth-order valence-electron chi connectivity index (χ4n) is 3.84. The van der Waals surface area contributed by atoms with E-state index in [9.17, 15) is 27.6 Å². The molecular formula is C25H24F3N7O3S. The molecule has 1 aromatic carbocycles. The maximum Gasteiger partial charge on any atom is 0.416 e. The molecule has 1 aliphatic rings. The number of alkyl halides is 3. The minimum absolute atomic E-state index is 0.0290. The van der Waals surface area contributed by atoms with E-state index in [2.05, 4.69) is 26.0 Å². The van der Waals surface area contributed by atoms with E-state index in [1.54, 1.807) is 11.7 Å². The summed E-state index contributed by atoms with van der Waals surface area (Å²) >= 11 is 0.973. The third-order valence-electron chi connectivity index (χ3n) is 5.98. The summed E-state index contributed by atoms with van der Waals surface area (Å²) in [4.78, 5) is 38.6. The average molecular weight is 560 g/mol. The third-order valence-corrected chi connectivity index (χ3v) is 7.07. The van der Waals surface area contributed by atoms with Crippen LogP contribution in [0.4, 0.5) is 13.2 Å². The molecule has 0 aliphatic carbocycles. The topological polar surface area (TPSA) is 121 Å². The van der Waals surface area contributed by atoms with E-state index in [1.807, 2.05) is 13.0 Å². The van der Waals surface area contributed by atoms with Crippen molar-refractivity contribution in [3.63, 3.8) is 0 Å². The number of hydrogen-bond acceptors (Lipinski definition) is 8. The fourth-order valence-corrected chi connectivity index (χ4v) is 4.65. The number of ketones is 1. The summed E-state index contributed by atoms with van der Waals surface area (Å²) in [6.45, 7) is 3.62. The number of aryl methyl sites for hydroxylation is 2. The Labute approximate surface area is 225 Å². The van der Waals surface area contributed by atoms with Gasteiger partial charge >= 0.3 is 6.18 Å². The third kappa shape index (κ3) is 6.06. The van der Waals surface area contributed by atoms with E-state index in [1.165, 1.54) is 43.2 Å². The van der Waals surface area contributed by atoms with Gasteiger partial charge in [0.25, 0.3) is 11.8 Å². The lowest BCUT2D eigenvalue weighted by molar-refractivity contribution is -0.137. The van der Waals surface area contributed by atoms with Gasteiger partial charge in [0, 0.05) is 19.8 Å². The van der Waals surface area contributed by atoms with Crippen molar-refractivity contribution in [3.05, 3.63) is 74.7 Å². The van der Waals surface area contributed by atoms with E-state index in [-0.39, 0.29) is 28.8 Å². The van der Waals surface area contributed by atoms with E-state index >= 15 is 0 Å². The summed E-state index contributed by atoms with van der Waals surface area (Å²) in [7, 11) is 3.33. The van der Waals surface area contributed by atoms with Crippen LogP contribution in [0.2, 0.25) is 0 Å². The van der Waals surface area contributed by atoms with Gasteiger partial charge in [0.1, 0.15) is 6.04 Å². The number of nitrogens with one attached hydrogen (secondary N) is 2. The number of rotatable bonds is 7. The second kappa shape index (κ2) is 10.8. The number of aromatic nitrogens is 2. The number of Topliss-reactive ketones (excluding diaryl/α,β-unsaturated/α-hetero) is 1. The Morgan fingerprint density at radius 1 is 1.08 bits per heavy atom. The van der Waals surface area contributed by atoms with Gasteiger partial charge in [0.2, 0.25) is 5.78 Å². The first-order valence-corrected chi connectivity index (χ1v) is 12.4. The summed E-state index contributed by atoms with van der Waals surface area (Å²) in [6.07, 6.45) is -4.49. The van der Waals surface area contributed by atoms with Gasteiger partial charge in [-0.05, 0) is 49.7 Å². The van der Waals surface area contributed by atoms with E-state index in [0.29, 0.717) is 16.1 Å². The first-order chi connectivity index (χ1) is 18.3. The molecule has 39 heavy (non-hydrogen) atoms. The van der Waals surface area contributed by atoms with Crippen molar-refractivity contribution < 1.29 is 27.6 Å². The SMILES string of the molecule is C/C(=N\NC(=O)c1ccc(C(=O)NCc2cc(C)n(C)n2)s1)C1=NN(C)C(c2ccc(C(F)(F)F)cc2)C1=O. The van der Waals surface area contributed by atoms with Crippen LogP contribution in [0, 0.1) is 6.92 Å². The largest absolute Gasteiger partial charge is 0.416 e. The van der Waals surface area contributed by atoms with E-state index in [4.69, 9.17) is 0 Å². The van der Waals surface area contributed by atoms with Crippen LogP contribution in [-0.2, 0) is 24.6 Å². The summed E-state index contributed by atoms with van der Waals surface area (Å²) in [5.41, 5.74) is 3.62. The van der Waals surface area contributed by atoms with Gasteiger partial charge in [-0.1, -0.05) is 12.1 Å². The maximum absolute atomic E-state index is 13.0. The molecule has 0 bridgehead atoms. The number of carbonyl (C=O) groups excluding carboxylic acids is 3. The predicted octanol–water partition coefficient (Wildman–Crippen LogP) is 3.46. The molecule has 2 amide bonds. The Bertz CT molecular complexity index is 1470. The average Bonchev–Trinajstić information content (AvgIpc) is 3.58. The molecule has 1 aliphatic heterocycles. The second-order valence-electron chi connectivity index (χ2n) is 8.79. The summed E-state index contributed by atoms with van der Waals surface area (Å²) in [6, 6.07) is 8.22. The van der Waals surface area contributed by atoms with Crippen LogP contribution in [0.25, 0.3) is 0 Å². The van der Waals surface area contributed by atoms with E-state index < -0.39 is 29.5 Å². The number of halogens is 3. The maximum atomic E-state index is 13.0. The van der Waals surface area contributed by atoms with Crippen molar-refractivity contribution in [1.82, 2.24) is 25.5 Å². The molecule has 1 unspecified atom stereocenters. The molecule has 2 N–H and O–H groups in total. The monoisotopic (exact) mass is 559 g/mol. The molecule has 0 saturated heterocycles. The zero-order chi connectivity index (χ0) is 28.5. The molecule has 0 fully saturated rings. The lowest BCUT2D eigenvalue weighted by Crippen LogP contribution is -2.27. The van der Waals surface area contributed by atoms with Crippen molar-refractivity contribution in [2.45, 2.75) is 32.6 Å². The number of thiophene rings is 1. The molecule has 10 nitrogen and oxygen atoms in total. The highest BCUT2D eigenvalue weighted by molar-refractivity contribution is 7.15. The molecular weight excluding hydrogens is 535 g/mol. The number of carbonyl (C=O) groups is 3. The van der Waals surface area contributed by atoms with Gasteiger partial charge < -0.3 is 5.32 Å². The van der Waals surface area contributed by atoms with Crippen molar-refractivity contribution >= 4 is 40.4 Å². The van der Waals surface area contributed by atoms with Crippen LogP contribution >= 0.6 is 11.3 Å². The second-order valence-corrected chi connectivity index (χ2v) is 9.88. The highest BCUT2D eigenvalue weighted by Gasteiger charge is 2.37. The number of benzene rings is 1. The van der Waals surface area contributed by atoms with Gasteiger partial charge in [-0.25, -0.2) is 5.43 Å². The minimum atomic E-state index is -4.49. The molecule has 204 valence electrons. The van der Waals surface area contributed by atoms with Gasteiger partial charge in [-0.3, -0.25) is 24.1 Å². The molecule has 14 heteroatoms. The van der Waals surface area contributed by atoms with Crippen molar-refractivity contribution in [2.24, 2.45) is 17.3 Å². The van der Waals surface area contributed by atoms with Crippen molar-refractivity contribution in [2.75, 3.05) is 7.05 Å². The smallest absolute Gasteiger partial charge is 0.346 e. The molecule has 1 atom stereocenters. The van der Waals surface area contributed by atoms with E-state index in [0.717, 1.165) is 29.2 Å². The minimum Gasteiger partial charge on any atom is -0.346 e. The Kier molecular flexibility index (Phi) is 7.67. The molecule has 0 spiro atoms. The lowest BCUT2D eigenvalue weighted by atomic mass is 9.98. The number of hydrazone groups is 2. The molecule has 3 aromatic rings. The van der Waals surface area contributed by atoms with Crippen LogP contribution in [0.5, 0.6) is 0 Å². The quantitative estimate of drug-likeness (QED) is 0.339. The van der Waals surface area contributed by atoms with Crippen LogP contribution < -0.4 is 10.7 Å². The molecule has 2 aromatic heterocycles. The molecule has 0 radical (unpaired) electrons. The highest BCUT2D eigenvalue weighted by atomic mass is 32.1. The zero-order valence-corrected chi connectivity index (χ0v) is 22.1. The Morgan fingerprint density at radius 2 is 1.72 bits per heavy atom. The molecule has 4 rings (SSSR count). The normalized spacial score (nSPS) is 15.9. The van der Waals surface area contributed by atoms with Crippen LogP contribution in [0.15, 0.2) is 52.7 Å². The van der Waals surface area contributed by atoms with Crippen molar-refractivity contribution in [1.29, 1.82) is 0 Å². The molecule has 3 heterocycles. The van der Waals surface area contributed by atoms with Crippen molar-refractivity contribution in [3.8, 4) is 0 Å². The van der Waals surface area contributed by atoms with Gasteiger partial charge in [0.15, 0.2) is 5.71 Å². The zero-order valence-electron chi connectivity index (χ0n) is 21.3. The van der Waals surface area contributed by atoms with Crippen LogP contribution in [-0.4, -0.2) is 50.9 Å². The van der Waals surface area contributed by atoms with Gasteiger partial charge in [0.05, 0.1) is 33.3 Å². The Balaban J connectivity index is 1.36. The first-order valence-electron chi connectivity index (χ1n) is 11.6. The lowest BCUT2D eigenvalue weighted by Gasteiger charge is -2.18. The predicted molar refractivity (Wildman–Crippen MR) is 138 cm³/mol. The summed E-state index contributed by atoms with van der Waals surface area (Å²) < 4.78 is 40.3. The van der Waals surface area contributed by atoms with Gasteiger partial charge in [-0.15, -0.1) is 11.3 Å². The number of amides is 2. The number of hydrogen-bond donors (Lipinski definition) is 2. The van der Waals surface area contributed by atoms with Crippen LogP contribution in [0.3, 0.4) is 0 Å².